The summed E-state index contributed by atoms with van der Waals surface area (Å²) >= 11 is 0. The highest BCUT2D eigenvalue weighted by Gasteiger charge is 2.42. The number of carboxylic acids is 1. The Kier molecular flexibility index (Phi) is 9.05. The predicted octanol–water partition coefficient (Wildman–Crippen LogP) is 9.08. The lowest BCUT2D eigenvalue weighted by molar-refractivity contribution is -0.137. The maximum absolute atomic E-state index is 15.6. The third-order valence-corrected chi connectivity index (χ3v) is 9.04. The number of hydrogen-bond donors (Lipinski definition) is 1. The van der Waals surface area contributed by atoms with Gasteiger partial charge in [0.2, 0.25) is 0 Å². The number of ether oxygens (including phenoxy) is 3. The van der Waals surface area contributed by atoms with E-state index in [-0.39, 0.29) is 34.4 Å². The van der Waals surface area contributed by atoms with E-state index in [9.17, 15) is 27.9 Å². The topological polar surface area (TPSA) is 85.3 Å². The van der Waals surface area contributed by atoms with Crippen molar-refractivity contribution in [1.29, 1.82) is 0 Å². The molecule has 0 aromatic heterocycles. The second-order valence-electron chi connectivity index (χ2n) is 13.0. The smallest absolute Gasteiger partial charge is 0.416 e. The molecular weight excluding hydrogens is 618 g/mol. The molecule has 1 heterocycles. The van der Waals surface area contributed by atoms with Crippen LogP contribution in [0, 0.1) is 18.2 Å². The molecule has 1 saturated heterocycles. The molecule has 47 heavy (non-hydrogen) atoms. The zero-order valence-corrected chi connectivity index (χ0v) is 27.0. The predicted molar refractivity (Wildman–Crippen MR) is 168 cm³/mol. The van der Waals surface area contributed by atoms with Gasteiger partial charge in [-0.05, 0) is 91.1 Å². The SMILES string of the molecule is COc1cc(-c2cc(C3=C(CN4C(=O)O[C@H](c5cc(C)cc(C(F)(F)F)c5)[C@@H]4C)CC(C)(C)CC3)c(OC)cc2F)ccc1C(=O)O. The van der Waals surface area contributed by atoms with Crippen molar-refractivity contribution in [3.8, 4) is 22.6 Å². The Morgan fingerprint density at radius 3 is 2.38 bits per heavy atom. The molecule has 0 bridgehead atoms. The van der Waals surface area contributed by atoms with Gasteiger partial charge in [0.05, 0.1) is 25.8 Å². The molecule has 0 unspecified atom stereocenters. The first-order valence-corrected chi connectivity index (χ1v) is 15.2. The lowest BCUT2D eigenvalue weighted by Gasteiger charge is -2.36. The minimum absolute atomic E-state index is 0.0601. The van der Waals surface area contributed by atoms with Crippen molar-refractivity contribution < 1.29 is 46.5 Å². The van der Waals surface area contributed by atoms with Crippen LogP contribution in [0.25, 0.3) is 16.7 Å². The van der Waals surface area contributed by atoms with Crippen LogP contribution in [0.1, 0.15) is 78.7 Å². The number of alkyl halides is 3. The van der Waals surface area contributed by atoms with Crippen LogP contribution in [-0.2, 0) is 10.9 Å². The number of amides is 1. The number of carbonyl (C=O) groups excluding carboxylic acids is 1. The third kappa shape index (κ3) is 6.80. The summed E-state index contributed by atoms with van der Waals surface area (Å²) in [6.07, 6.45) is -4.09. The third-order valence-electron chi connectivity index (χ3n) is 9.04. The van der Waals surface area contributed by atoms with Gasteiger partial charge >= 0.3 is 18.2 Å². The van der Waals surface area contributed by atoms with Crippen LogP contribution in [0.5, 0.6) is 11.5 Å². The summed E-state index contributed by atoms with van der Waals surface area (Å²) in [6.45, 7) is 7.72. The Labute approximate surface area is 270 Å². The van der Waals surface area contributed by atoms with E-state index in [1.807, 2.05) is 0 Å². The Morgan fingerprint density at radius 2 is 1.74 bits per heavy atom. The zero-order valence-electron chi connectivity index (χ0n) is 27.0. The fourth-order valence-corrected chi connectivity index (χ4v) is 6.61. The van der Waals surface area contributed by atoms with Gasteiger partial charge in [0.1, 0.15) is 29.0 Å². The van der Waals surface area contributed by atoms with Gasteiger partial charge in [-0.3, -0.25) is 4.90 Å². The van der Waals surface area contributed by atoms with Crippen LogP contribution in [-0.4, -0.2) is 48.9 Å². The first-order chi connectivity index (χ1) is 22.0. The molecule has 1 fully saturated rings. The summed E-state index contributed by atoms with van der Waals surface area (Å²) in [5, 5.41) is 9.50. The van der Waals surface area contributed by atoms with Gasteiger partial charge in [-0.25, -0.2) is 14.0 Å². The summed E-state index contributed by atoms with van der Waals surface area (Å²) < 4.78 is 72.9. The largest absolute Gasteiger partial charge is 0.496 e. The molecule has 5 rings (SSSR count). The van der Waals surface area contributed by atoms with E-state index in [0.717, 1.165) is 29.7 Å². The zero-order chi connectivity index (χ0) is 34.4. The summed E-state index contributed by atoms with van der Waals surface area (Å²) in [7, 11) is 2.78. The van der Waals surface area contributed by atoms with Crippen LogP contribution in [0.4, 0.5) is 22.4 Å². The molecule has 0 radical (unpaired) electrons. The molecule has 7 nitrogen and oxygen atoms in total. The number of carboxylic acid groups (broad SMARTS) is 1. The second-order valence-corrected chi connectivity index (χ2v) is 13.0. The van der Waals surface area contributed by atoms with Gasteiger partial charge in [0.15, 0.2) is 0 Å². The summed E-state index contributed by atoms with van der Waals surface area (Å²) in [5.74, 6) is -1.38. The number of carbonyl (C=O) groups is 2. The number of allylic oxidation sites excluding steroid dienone is 1. The van der Waals surface area contributed by atoms with E-state index in [0.29, 0.717) is 35.3 Å². The van der Waals surface area contributed by atoms with Crippen LogP contribution >= 0.6 is 0 Å². The molecule has 2 atom stereocenters. The van der Waals surface area contributed by atoms with E-state index in [2.05, 4.69) is 13.8 Å². The average Bonchev–Trinajstić information content (AvgIpc) is 3.28. The van der Waals surface area contributed by atoms with Crippen molar-refractivity contribution in [2.75, 3.05) is 20.8 Å². The molecule has 0 saturated carbocycles. The number of methoxy groups -OCH3 is 2. The Balaban J connectivity index is 1.57. The highest BCUT2D eigenvalue weighted by molar-refractivity contribution is 5.92. The molecule has 1 aliphatic carbocycles. The number of aromatic carboxylic acids is 1. The highest BCUT2D eigenvalue weighted by atomic mass is 19.4. The van der Waals surface area contributed by atoms with Crippen molar-refractivity contribution in [2.45, 2.75) is 65.3 Å². The molecular formula is C36H37F4NO6. The molecule has 250 valence electrons. The van der Waals surface area contributed by atoms with E-state index < -0.39 is 41.8 Å². The van der Waals surface area contributed by atoms with Gasteiger partial charge in [-0.15, -0.1) is 0 Å². The Bertz CT molecular complexity index is 1760. The van der Waals surface area contributed by atoms with Crippen molar-refractivity contribution in [3.05, 3.63) is 87.7 Å². The van der Waals surface area contributed by atoms with E-state index in [4.69, 9.17) is 14.2 Å². The number of nitrogens with zero attached hydrogens (tertiary/aromatic N) is 1. The number of benzene rings is 3. The first kappa shape index (κ1) is 33.8. The first-order valence-electron chi connectivity index (χ1n) is 15.2. The number of rotatable bonds is 8. The molecule has 3 aromatic rings. The monoisotopic (exact) mass is 655 g/mol. The molecule has 1 amide bonds. The van der Waals surface area contributed by atoms with Crippen molar-refractivity contribution in [2.24, 2.45) is 5.41 Å². The van der Waals surface area contributed by atoms with Gasteiger partial charge in [-0.2, -0.15) is 13.2 Å². The maximum atomic E-state index is 15.6. The van der Waals surface area contributed by atoms with Crippen molar-refractivity contribution >= 4 is 17.6 Å². The summed E-state index contributed by atoms with van der Waals surface area (Å²) in [5.41, 5.74) is 2.70. The van der Waals surface area contributed by atoms with Gasteiger partial charge in [-0.1, -0.05) is 31.5 Å². The van der Waals surface area contributed by atoms with Crippen molar-refractivity contribution in [3.63, 3.8) is 0 Å². The second kappa shape index (κ2) is 12.6. The van der Waals surface area contributed by atoms with E-state index in [1.165, 1.54) is 43.4 Å². The van der Waals surface area contributed by atoms with Gasteiger partial charge in [0, 0.05) is 23.7 Å². The normalized spacial score (nSPS) is 19.5. The minimum atomic E-state index is -4.55. The number of halogens is 4. The maximum Gasteiger partial charge on any atom is 0.416 e. The minimum Gasteiger partial charge on any atom is -0.496 e. The summed E-state index contributed by atoms with van der Waals surface area (Å²) in [6, 6.07) is 10.4. The van der Waals surface area contributed by atoms with Gasteiger partial charge in [0.25, 0.3) is 0 Å². The summed E-state index contributed by atoms with van der Waals surface area (Å²) in [4.78, 5) is 26.4. The van der Waals surface area contributed by atoms with Crippen molar-refractivity contribution in [1.82, 2.24) is 4.90 Å². The van der Waals surface area contributed by atoms with Crippen LogP contribution in [0.15, 0.2) is 54.1 Å². The van der Waals surface area contributed by atoms with E-state index >= 15 is 4.39 Å². The van der Waals surface area contributed by atoms with Crippen LogP contribution in [0.2, 0.25) is 0 Å². The fraction of sp³-hybridized carbons (Fsp3) is 0.389. The molecule has 0 spiro atoms. The average molecular weight is 656 g/mol. The molecule has 1 aliphatic heterocycles. The fourth-order valence-electron chi connectivity index (χ4n) is 6.61. The lowest BCUT2D eigenvalue weighted by Crippen LogP contribution is -2.35. The lowest BCUT2D eigenvalue weighted by atomic mass is 9.72. The Hall–Kier alpha value is -4.54. The number of aryl methyl sites for hydroxylation is 1. The standard InChI is InChI=1S/C36H37F4NO6/c1-19-11-22(13-24(12-19)36(38,39)40)32-20(2)41(34(44)47-32)18-23-17-35(3,4)10-9-25(23)28-15-27(29(37)16-31(28)46-6)21-7-8-26(33(42)43)30(14-21)45-5/h7-8,11-16,20,32H,9-10,17-18H2,1-6H3,(H,42,43)/t20-,32-/m0/s1. The highest BCUT2D eigenvalue weighted by Crippen LogP contribution is 2.47. The van der Waals surface area contributed by atoms with Crippen LogP contribution < -0.4 is 9.47 Å². The van der Waals surface area contributed by atoms with Crippen LogP contribution in [0.3, 0.4) is 0 Å². The Morgan fingerprint density at radius 1 is 1.04 bits per heavy atom. The van der Waals surface area contributed by atoms with Gasteiger partial charge < -0.3 is 19.3 Å². The quantitative estimate of drug-likeness (QED) is 0.244. The number of cyclic esters (lactones) is 1. The molecule has 3 aromatic carbocycles. The molecule has 2 aliphatic rings. The molecule has 1 N–H and O–H groups in total. The van der Waals surface area contributed by atoms with E-state index in [1.54, 1.807) is 26.0 Å². The molecule has 11 heteroatoms. The number of hydrogen-bond acceptors (Lipinski definition) is 5.